The highest BCUT2D eigenvalue weighted by Crippen LogP contribution is 2.42. The van der Waals surface area contributed by atoms with E-state index in [0.29, 0.717) is 0 Å². The second kappa shape index (κ2) is 5.26. The Morgan fingerprint density at radius 3 is 2.33 bits per heavy atom. The summed E-state index contributed by atoms with van der Waals surface area (Å²) in [6, 6.07) is 15.0. The normalized spacial score (nSPS) is 12.6. The van der Waals surface area contributed by atoms with Crippen LogP contribution in [0.1, 0.15) is 26.3 Å². The molecule has 0 amide bonds. The van der Waals surface area contributed by atoms with Crippen molar-refractivity contribution >= 4 is 32.8 Å². The van der Waals surface area contributed by atoms with Gasteiger partial charge in [-0.15, -0.1) is 0 Å². The molecule has 0 spiro atoms. The minimum absolute atomic E-state index is 0.0712. The minimum atomic E-state index is 0.0712. The average Bonchev–Trinajstić information content (AvgIpc) is 3.14. The highest BCUT2D eigenvalue weighted by molar-refractivity contribution is 6.25. The van der Waals surface area contributed by atoms with Crippen LogP contribution in [0.2, 0.25) is 0 Å². The lowest BCUT2D eigenvalue weighted by molar-refractivity contribution is 0.415. The Balaban J connectivity index is 1.95. The van der Waals surface area contributed by atoms with Crippen molar-refractivity contribution in [1.82, 2.24) is 14.1 Å². The zero-order valence-electron chi connectivity index (χ0n) is 16.4. The van der Waals surface area contributed by atoms with Crippen molar-refractivity contribution < 1.29 is 4.74 Å². The lowest BCUT2D eigenvalue weighted by atomic mass is 9.88. The molecular weight excluding hydrogens is 334 g/mol. The van der Waals surface area contributed by atoms with Crippen LogP contribution in [0.15, 0.2) is 48.7 Å². The molecule has 5 aromatic rings. The Morgan fingerprint density at radius 2 is 1.59 bits per heavy atom. The Hall–Kier alpha value is -3.01. The van der Waals surface area contributed by atoms with Crippen molar-refractivity contribution in [3.05, 3.63) is 54.2 Å². The first-order chi connectivity index (χ1) is 12.9. The summed E-state index contributed by atoms with van der Waals surface area (Å²) in [6.07, 6.45) is 1.91. The number of benzene rings is 2. The summed E-state index contributed by atoms with van der Waals surface area (Å²) < 4.78 is 10.1. The molecule has 2 aromatic carbocycles. The Morgan fingerprint density at radius 1 is 0.889 bits per heavy atom. The summed E-state index contributed by atoms with van der Waals surface area (Å²) in [7, 11) is 3.84. The molecule has 0 aliphatic rings. The summed E-state index contributed by atoms with van der Waals surface area (Å²) in [5.74, 6) is 1.81. The number of nitrogens with zero attached hydrogens (tertiary/aromatic N) is 3. The largest absolute Gasteiger partial charge is 0.497 e. The van der Waals surface area contributed by atoms with Crippen LogP contribution in [0.3, 0.4) is 0 Å². The van der Waals surface area contributed by atoms with Crippen LogP contribution >= 0.6 is 0 Å². The second-order valence-corrected chi connectivity index (χ2v) is 8.26. The van der Waals surface area contributed by atoms with Gasteiger partial charge in [-0.2, -0.15) is 0 Å². The van der Waals surface area contributed by atoms with Crippen molar-refractivity contribution in [3.8, 4) is 11.6 Å². The van der Waals surface area contributed by atoms with Crippen molar-refractivity contribution in [2.24, 2.45) is 7.05 Å². The molecule has 0 N–H and O–H groups in total. The zero-order chi connectivity index (χ0) is 18.9. The van der Waals surface area contributed by atoms with Gasteiger partial charge in [0, 0.05) is 36.1 Å². The molecule has 3 heterocycles. The van der Waals surface area contributed by atoms with Crippen LogP contribution in [-0.4, -0.2) is 21.2 Å². The Kier molecular flexibility index (Phi) is 3.15. The summed E-state index contributed by atoms with van der Waals surface area (Å²) in [5, 5.41) is 2.56. The number of hydrogen-bond acceptors (Lipinski definition) is 2. The zero-order valence-corrected chi connectivity index (χ0v) is 16.4. The first kappa shape index (κ1) is 16.2. The second-order valence-electron chi connectivity index (χ2n) is 8.26. The van der Waals surface area contributed by atoms with E-state index < -0.39 is 0 Å². The van der Waals surface area contributed by atoms with Gasteiger partial charge >= 0.3 is 0 Å². The fourth-order valence-electron chi connectivity index (χ4n) is 4.17. The standard InChI is InChI=1S/C23H23N3O/c1-23(2,3)14-9-10-24-20(11-14)26-17-8-6-7-16-21(17)22-18(25(16)4)12-15(27-5)13-19(22)26/h6-13H,1-5H3. The van der Waals surface area contributed by atoms with Crippen LogP contribution in [0.25, 0.3) is 38.7 Å². The predicted molar refractivity (Wildman–Crippen MR) is 111 cm³/mol. The van der Waals surface area contributed by atoms with Crippen molar-refractivity contribution in [2.75, 3.05) is 7.11 Å². The van der Waals surface area contributed by atoms with Gasteiger partial charge < -0.3 is 9.30 Å². The lowest BCUT2D eigenvalue weighted by Crippen LogP contribution is -2.12. The highest BCUT2D eigenvalue weighted by Gasteiger charge is 2.23. The van der Waals surface area contributed by atoms with Crippen molar-refractivity contribution in [2.45, 2.75) is 26.2 Å². The van der Waals surface area contributed by atoms with E-state index in [2.05, 4.69) is 79.4 Å². The van der Waals surface area contributed by atoms with Gasteiger partial charge in [0.25, 0.3) is 0 Å². The smallest absolute Gasteiger partial charge is 0.137 e. The summed E-state index contributed by atoms with van der Waals surface area (Å²) in [5.41, 5.74) is 6.07. The van der Waals surface area contributed by atoms with Crippen molar-refractivity contribution in [1.29, 1.82) is 0 Å². The number of hydrogen-bond donors (Lipinski definition) is 0. The van der Waals surface area contributed by atoms with E-state index in [1.165, 1.54) is 32.9 Å². The average molecular weight is 357 g/mol. The number of ether oxygens (including phenoxy) is 1. The van der Waals surface area contributed by atoms with Gasteiger partial charge in [0.05, 0.1) is 29.2 Å². The molecule has 0 aliphatic heterocycles. The molecule has 5 rings (SSSR count). The molecule has 0 saturated heterocycles. The molecule has 0 radical (unpaired) electrons. The Labute approximate surface area is 158 Å². The predicted octanol–water partition coefficient (Wildman–Crippen LogP) is 5.41. The van der Waals surface area contributed by atoms with E-state index in [0.717, 1.165) is 17.1 Å². The van der Waals surface area contributed by atoms with Crippen LogP contribution in [0, 0.1) is 0 Å². The molecule has 136 valence electrons. The SMILES string of the molecule is COc1cc2c3c4c(cccc4n(-c4cc(C(C)(C)C)ccn4)c3c1)n2C. The third kappa shape index (κ3) is 2.13. The van der Waals surface area contributed by atoms with E-state index in [1.807, 2.05) is 6.20 Å². The first-order valence-corrected chi connectivity index (χ1v) is 9.26. The van der Waals surface area contributed by atoms with E-state index in [9.17, 15) is 0 Å². The van der Waals surface area contributed by atoms with Gasteiger partial charge in [-0.25, -0.2) is 4.98 Å². The number of rotatable bonds is 2. The number of methoxy groups -OCH3 is 1. The van der Waals surface area contributed by atoms with E-state index in [-0.39, 0.29) is 5.41 Å². The fraction of sp³-hybridized carbons (Fsp3) is 0.261. The molecule has 0 atom stereocenters. The molecule has 0 aliphatic carbocycles. The monoisotopic (exact) mass is 357 g/mol. The van der Waals surface area contributed by atoms with Crippen molar-refractivity contribution in [3.63, 3.8) is 0 Å². The lowest BCUT2D eigenvalue weighted by Gasteiger charge is -2.20. The van der Waals surface area contributed by atoms with Gasteiger partial charge in [0.15, 0.2) is 0 Å². The molecular formula is C23H23N3O. The molecule has 0 bridgehead atoms. The van der Waals surface area contributed by atoms with E-state index in [4.69, 9.17) is 9.72 Å². The van der Waals surface area contributed by atoms with Gasteiger partial charge in [0.1, 0.15) is 11.6 Å². The van der Waals surface area contributed by atoms with E-state index >= 15 is 0 Å². The molecule has 4 nitrogen and oxygen atoms in total. The maximum atomic E-state index is 5.60. The molecule has 4 heteroatoms. The maximum absolute atomic E-state index is 5.60. The third-order valence-corrected chi connectivity index (χ3v) is 5.62. The topological polar surface area (TPSA) is 32.0 Å². The molecule has 27 heavy (non-hydrogen) atoms. The number of aryl methyl sites for hydroxylation is 1. The molecule has 0 unspecified atom stereocenters. The molecule has 0 saturated carbocycles. The van der Waals surface area contributed by atoms with Gasteiger partial charge in [-0.05, 0) is 35.2 Å². The van der Waals surface area contributed by atoms with Gasteiger partial charge in [-0.1, -0.05) is 26.8 Å². The number of pyridine rings is 1. The Bertz CT molecular complexity index is 1300. The van der Waals surface area contributed by atoms with Crippen LogP contribution in [0.4, 0.5) is 0 Å². The van der Waals surface area contributed by atoms with Crippen LogP contribution in [-0.2, 0) is 12.5 Å². The summed E-state index contributed by atoms with van der Waals surface area (Å²) in [4.78, 5) is 4.73. The maximum Gasteiger partial charge on any atom is 0.137 e. The highest BCUT2D eigenvalue weighted by atomic mass is 16.5. The first-order valence-electron chi connectivity index (χ1n) is 9.26. The van der Waals surface area contributed by atoms with Gasteiger partial charge in [-0.3, -0.25) is 4.57 Å². The fourth-order valence-corrected chi connectivity index (χ4v) is 4.17. The van der Waals surface area contributed by atoms with E-state index in [1.54, 1.807) is 7.11 Å². The van der Waals surface area contributed by atoms with Crippen LogP contribution < -0.4 is 4.74 Å². The number of aromatic nitrogens is 3. The van der Waals surface area contributed by atoms with Crippen LogP contribution in [0.5, 0.6) is 5.75 Å². The summed E-state index contributed by atoms with van der Waals surface area (Å²) >= 11 is 0. The van der Waals surface area contributed by atoms with Gasteiger partial charge in [0.2, 0.25) is 0 Å². The minimum Gasteiger partial charge on any atom is -0.497 e. The summed E-state index contributed by atoms with van der Waals surface area (Å²) in [6.45, 7) is 6.69. The third-order valence-electron chi connectivity index (χ3n) is 5.62. The quantitative estimate of drug-likeness (QED) is 0.423. The molecule has 0 fully saturated rings. The molecule has 3 aromatic heterocycles.